The summed E-state index contributed by atoms with van der Waals surface area (Å²) in [6, 6.07) is 33.9. The van der Waals surface area contributed by atoms with E-state index >= 15 is 0 Å². The van der Waals surface area contributed by atoms with E-state index in [1.807, 2.05) is 102 Å². The summed E-state index contributed by atoms with van der Waals surface area (Å²) in [5.74, 6) is -0.463. The van der Waals surface area contributed by atoms with Crippen LogP contribution in [0.1, 0.15) is 82.8 Å². The number of carbonyl (C=O) groups excluding carboxylic acids is 3. The predicted molar refractivity (Wildman–Crippen MR) is 233 cm³/mol. The predicted octanol–water partition coefficient (Wildman–Crippen LogP) is 9.75. The van der Waals surface area contributed by atoms with Crippen molar-refractivity contribution in [2.45, 2.75) is 82.5 Å². The number of rotatable bonds is 8. The second-order valence-corrected chi connectivity index (χ2v) is 16.4. The minimum atomic E-state index is -0.717. The second kappa shape index (κ2) is 20.8. The lowest BCUT2D eigenvalue weighted by Crippen LogP contribution is -2.54. The fraction of sp³-hybridized carbons (Fsp3) is 0.404. The quantitative estimate of drug-likeness (QED) is 0.140. The number of hydrogen-bond donors (Lipinski definition) is 4. The summed E-state index contributed by atoms with van der Waals surface area (Å²) in [5, 5.41) is 19.7. The van der Waals surface area contributed by atoms with E-state index in [9.17, 15) is 24.3 Å². The van der Waals surface area contributed by atoms with Crippen LogP contribution in [-0.4, -0.2) is 59.9 Å². The first-order valence-electron chi connectivity index (χ1n) is 20.1. The number of carbonyl (C=O) groups is 4. The Hall–Kier alpha value is -4.70. The van der Waals surface area contributed by atoms with Crippen molar-refractivity contribution in [3.8, 4) is 0 Å². The van der Waals surface area contributed by atoms with Gasteiger partial charge in [0, 0.05) is 41.1 Å². The first kappa shape index (κ1) is 44.4. The van der Waals surface area contributed by atoms with Gasteiger partial charge in [-0.1, -0.05) is 104 Å². The molecule has 2 aliphatic heterocycles. The van der Waals surface area contributed by atoms with Crippen LogP contribution in [0.5, 0.6) is 0 Å². The van der Waals surface area contributed by atoms with Gasteiger partial charge in [-0.05, 0) is 118 Å². The zero-order chi connectivity index (χ0) is 40.3. The monoisotopic (exact) mass is 826 g/mol. The van der Waals surface area contributed by atoms with E-state index in [1.165, 1.54) is 0 Å². The average molecular weight is 828 g/mol. The molecule has 4 N–H and O–H groups in total. The molecule has 0 spiro atoms. The van der Waals surface area contributed by atoms with Crippen LogP contribution in [0, 0.1) is 11.8 Å². The topological polar surface area (TPSA) is 128 Å². The molecule has 0 bridgehead atoms. The first-order chi connectivity index (χ1) is 27.6. The van der Waals surface area contributed by atoms with Gasteiger partial charge in [0.05, 0.1) is 22.7 Å². The van der Waals surface area contributed by atoms with Crippen LogP contribution >= 0.6 is 23.2 Å². The van der Waals surface area contributed by atoms with E-state index in [1.54, 1.807) is 12.1 Å². The first-order valence-corrected chi connectivity index (χ1v) is 20.8. The lowest BCUT2D eigenvalue weighted by atomic mass is 9.63. The highest BCUT2D eigenvalue weighted by Crippen LogP contribution is 2.46. The van der Waals surface area contributed by atoms with E-state index in [4.69, 9.17) is 23.2 Å². The number of halogens is 2. The van der Waals surface area contributed by atoms with Gasteiger partial charge < -0.3 is 26.0 Å². The van der Waals surface area contributed by atoms with Crippen molar-refractivity contribution in [1.82, 2.24) is 10.2 Å². The van der Waals surface area contributed by atoms with Crippen molar-refractivity contribution in [3.63, 3.8) is 0 Å². The molecule has 0 radical (unpaired) electrons. The highest BCUT2D eigenvalue weighted by Gasteiger charge is 2.49. The maximum absolute atomic E-state index is 13.5. The van der Waals surface area contributed by atoms with E-state index in [0.29, 0.717) is 16.6 Å². The summed E-state index contributed by atoms with van der Waals surface area (Å²) in [7, 11) is 0. The Morgan fingerprint density at radius 1 is 0.621 bits per heavy atom. The van der Waals surface area contributed by atoms with Crippen LogP contribution in [0.3, 0.4) is 0 Å². The van der Waals surface area contributed by atoms with Gasteiger partial charge in [0.2, 0.25) is 17.7 Å². The summed E-state index contributed by atoms with van der Waals surface area (Å²) >= 11 is 11.8. The molecule has 2 saturated carbocycles. The molecule has 2 aliphatic carbocycles. The lowest BCUT2D eigenvalue weighted by Gasteiger charge is -2.45. The molecule has 0 unspecified atom stereocenters. The zero-order valence-corrected chi connectivity index (χ0v) is 33.7. The standard InChI is InChI=1S/C23H25ClN2O2.C12H16N2O.C11H11ClO2.CH4/c24-19-11-9-18(10-12-19)23(13-5-14-23)22(28)26-15-4-6-17(16-26)21(27)25-20-7-2-1-3-8-20;15-12(10-5-4-8-13-9-10)14-11-6-2-1-3-7-11;12-9-4-2-8(3-5-9)11(10(13)14)6-1-7-11;/h1-3,7-12,17H,4-6,13-16H2,(H,25,27);1-3,6-7,10,13H,4-5,8-9H2,(H,14,15);2-5H,1,6-7H2,(H,13,14);1H4/t17-;10-;;/m11../s1. The third-order valence-corrected chi connectivity index (χ3v) is 12.4. The SMILES string of the molecule is C.O=C(Nc1ccccc1)[C@@H]1CCCN(C(=O)C2(c3ccc(Cl)cc3)CCC2)C1.O=C(Nc1ccccc1)[C@@H]1CCCNC1.O=C(O)C1(c2ccc(Cl)cc2)CCC1. The number of aliphatic carboxylic acids is 1. The Morgan fingerprint density at radius 2 is 1.09 bits per heavy atom. The molecule has 308 valence electrons. The van der Waals surface area contributed by atoms with E-state index in [-0.39, 0.29) is 37.0 Å². The number of anilines is 2. The zero-order valence-electron chi connectivity index (χ0n) is 32.2. The molecular weight excluding hydrogens is 771 g/mol. The Labute approximate surface area is 352 Å². The number of carboxylic acid groups (broad SMARTS) is 1. The van der Waals surface area contributed by atoms with Gasteiger partial charge in [-0.25, -0.2) is 0 Å². The summed E-state index contributed by atoms with van der Waals surface area (Å²) in [6.45, 7) is 3.06. The van der Waals surface area contributed by atoms with Gasteiger partial charge in [-0.3, -0.25) is 19.2 Å². The van der Waals surface area contributed by atoms with Crippen LogP contribution in [0.15, 0.2) is 109 Å². The average Bonchev–Trinajstić information content (AvgIpc) is 3.20. The molecule has 2 atom stereocenters. The van der Waals surface area contributed by atoms with Crippen molar-refractivity contribution in [1.29, 1.82) is 0 Å². The number of nitrogens with one attached hydrogen (secondary N) is 3. The molecule has 4 aliphatic rings. The van der Waals surface area contributed by atoms with E-state index < -0.39 is 16.8 Å². The molecule has 58 heavy (non-hydrogen) atoms. The molecule has 4 aromatic carbocycles. The Balaban J connectivity index is 0.000000180. The molecule has 0 aromatic heterocycles. The minimum Gasteiger partial charge on any atom is -0.481 e. The summed E-state index contributed by atoms with van der Waals surface area (Å²) < 4.78 is 0. The molecule has 9 nitrogen and oxygen atoms in total. The highest BCUT2D eigenvalue weighted by molar-refractivity contribution is 6.30. The van der Waals surface area contributed by atoms with Crippen LogP contribution in [0.25, 0.3) is 0 Å². The van der Waals surface area contributed by atoms with Gasteiger partial charge in [0.15, 0.2) is 0 Å². The summed E-state index contributed by atoms with van der Waals surface area (Å²) in [6.07, 6.45) is 9.02. The maximum atomic E-state index is 13.5. The number of piperidine rings is 2. The third kappa shape index (κ3) is 10.9. The van der Waals surface area contributed by atoms with Crippen molar-refractivity contribution < 1.29 is 24.3 Å². The normalized spacial score (nSPS) is 20.0. The van der Waals surface area contributed by atoms with Gasteiger partial charge in [-0.15, -0.1) is 0 Å². The van der Waals surface area contributed by atoms with Gasteiger partial charge in [-0.2, -0.15) is 0 Å². The Morgan fingerprint density at radius 3 is 1.52 bits per heavy atom. The van der Waals surface area contributed by atoms with Crippen LogP contribution < -0.4 is 16.0 Å². The molecule has 2 heterocycles. The highest BCUT2D eigenvalue weighted by atomic mass is 35.5. The number of amides is 3. The number of benzene rings is 4. The molecule has 2 saturated heterocycles. The fourth-order valence-electron chi connectivity index (χ4n) is 8.14. The van der Waals surface area contributed by atoms with E-state index in [2.05, 4.69) is 16.0 Å². The van der Waals surface area contributed by atoms with Crippen LogP contribution in [-0.2, 0) is 30.0 Å². The molecular formula is C47H56Cl2N4O5. The molecule has 8 rings (SSSR count). The summed E-state index contributed by atoms with van der Waals surface area (Å²) in [5.41, 5.74) is 2.53. The van der Waals surface area contributed by atoms with Gasteiger partial charge in [0.25, 0.3) is 0 Å². The Bertz CT molecular complexity index is 1950. The molecule has 11 heteroatoms. The summed E-state index contributed by atoms with van der Waals surface area (Å²) in [4.78, 5) is 51.1. The second-order valence-electron chi connectivity index (χ2n) is 15.5. The lowest BCUT2D eigenvalue weighted by molar-refractivity contribution is -0.147. The van der Waals surface area contributed by atoms with Crippen LogP contribution in [0.4, 0.5) is 11.4 Å². The van der Waals surface area contributed by atoms with Crippen molar-refractivity contribution in [2.75, 3.05) is 36.8 Å². The number of para-hydroxylation sites is 2. The van der Waals surface area contributed by atoms with E-state index in [0.717, 1.165) is 106 Å². The largest absolute Gasteiger partial charge is 0.481 e. The fourth-order valence-corrected chi connectivity index (χ4v) is 8.39. The molecule has 4 fully saturated rings. The van der Waals surface area contributed by atoms with Crippen LogP contribution in [0.2, 0.25) is 10.0 Å². The van der Waals surface area contributed by atoms with Crippen molar-refractivity contribution in [2.24, 2.45) is 11.8 Å². The van der Waals surface area contributed by atoms with Gasteiger partial charge in [0.1, 0.15) is 0 Å². The van der Waals surface area contributed by atoms with Crippen molar-refractivity contribution >= 4 is 58.3 Å². The third-order valence-electron chi connectivity index (χ3n) is 11.9. The smallest absolute Gasteiger partial charge is 0.314 e. The number of carboxylic acids is 1. The Kier molecular flexibility index (Phi) is 15.9. The van der Waals surface area contributed by atoms with Crippen molar-refractivity contribution in [3.05, 3.63) is 130 Å². The number of nitrogens with zero attached hydrogens (tertiary/aromatic N) is 1. The number of likely N-dealkylation sites (tertiary alicyclic amines) is 1. The molecule has 3 amide bonds. The minimum absolute atomic E-state index is 0. The molecule has 4 aromatic rings. The van der Waals surface area contributed by atoms with Gasteiger partial charge >= 0.3 is 5.97 Å². The maximum Gasteiger partial charge on any atom is 0.314 e. The number of hydrogen-bond acceptors (Lipinski definition) is 5.